The third kappa shape index (κ3) is 1.40. The van der Waals surface area contributed by atoms with Crippen LogP contribution in [0, 0.1) is 0 Å². The first kappa shape index (κ1) is 6.79. The number of nitrogens with two attached hydrogens (primary N) is 1. The number of hydrogen-bond donors (Lipinski definition) is 3. The predicted molar refractivity (Wildman–Crippen MR) is 43.3 cm³/mol. The average Bonchev–Trinajstić information content (AvgIpc) is 2.87. The van der Waals surface area contributed by atoms with Crippen LogP contribution in [0.15, 0.2) is 24.3 Å². The second-order valence-corrected chi connectivity index (χ2v) is 2.67. The maximum Gasteiger partial charge on any atom is 0.109 e. The summed E-state index contributed by atoms with van der Waals surface area (Å²) in [6, 6.07) is 8.27. The molecule has 3 nitrogen and oxygen atoms in total. The second-order valence-electron chi connectivity index (χ2n) is 2.67. The number of nitrogens with one attached hydrogen (secondary N) is 2. The molecule has 0 bridgehead atoms. The zero-order valence-electron chi connectivity index (χ0n) is 6.17. The van der Waals surface area contributed by atoms with E-state index in [1.54, 1.807) is 0 Å². The molecule has 0 saturated carbocycles. The van der Waals surface area contributed by atoms with Crippen LogP contribution in [-0.4, -0.2) is 0 Å². The first-order valence-electron chi connectivity index (χ1n) is 3.70. The van der Waals surface area contributed by atoms with E-state index in [2.05, 4.69) is 35.1 Å². The van der Waals surface area contributed by atoms with Gasteiger partial charge in [-0.1, -0.05) is 24.3 Å². The van der Waals surface area contributed by atoms with E-state index in [1.807, 2.05) is 0 Å². The highest BCUT2D eigenvalue weighted by atomic mass is 15.6. The molecule has 1 saturated heterocycles. The minimum Gasteiger partial charge on any atom is -0.326 e. The van der Waals surface area contributed by atoms with E-state index in [4.69, 9.17) is 5.73 Å². The van der Waals surface area contributed by atoms with Gasteiger partial charge in [-0.2, -0.15) is 0 Å². The monoisotopic (exact) mass is 149 g/mol. The van der Waals surface area contributed by atoms with Gasteiger partial charge in [-0.3, -0.25) is 0 Å². The SMILES string of the molecule is NCc1ccc(C2NN2)cc1. The number of hydrazine groups is 1. The lowest BCUT2D eigenvalue weighted by atomic mass is 10.1. The van der Waals surface area contributed by atoms with Gasteiger partial charge in [0.05, 0.1) is 0 Å². The number of benzene rings is 1. The van der Waals surface area contributed by atoms with Crippen molar-refractivity contribution in [1.29, 1.82) is 0 Å². The molecule has 1 aliphatic rings. The van der Waals surface area contributed by atoms with Crippen molar-refractivity contribution >= 4 is 0 Å². The molecule has 58 valence electrons. The molecular formula is C8H11N3. The molecule has 1 aliphatic heterocycles. The third-order valence-electron chi connectivity index (χ3n) is 1.84. The Labute approximate surface area is 65.6 Å². The van der Waals surface area contributed by atoms with Gasteiger partial charge < -0.3 is 5.73 Å². The average molecular weight is 149 g/mol. The van der Waals surface area contributed by atoms with Crippen LogP contribution in [0.4, 0.5) is 0 Å². The molecular weight excluding hydrogens is 138 g/mol. The standard InChI is InChI=1S/C8H11N3/c9-5-6-1-3-7(4-2-6)8-10-11-8/h1-4,8,10-11H,5,9H2. The summed E-state index contributed by atoms with van der Waals surface area (Å²) in [5.74, 6) is 0. The van der Waals surface area contributed by atoms with Crippen molar-refractivity contribution in [3.05, 3.63) is 35.4 Å². The van der Waals surface area contributed by atoms with Crippen LogP contribution in [0.2, 0.25) is 0 Å². The van der Waals surface area contributed by atoms with Gasteiger partial charge in [0.1, 0.15) is 6.17 Å². The molecule has 1 heterocycles. The van der Waals surface area contributed by atoms with Crippen LogP contribution in [-0.2, 0) is 6.54 Å². The van der Waals surface area contributed by atoms with Crippen LogP contribution in [0.3, 0.4) is 0 Å². The van der Waals surface area contributed by atoms with Crippen LogP contribution in [0.25, 0.3) is 0 Å². The fourth-order valence-electron chi connectivity index (χ4n) is 1.05. The van der Waals surface area contributed by atoms with E-state index in [0.29, 0.717) is 12.7 Å². The smallest absolute Gasteiger partial charge is 0.109 e. The maximum atomic E-state index is 5.46. The minimum absolute atomic E-state index is 0.363. The van der Waals surface area contributed by atoms with Crippen LogP contribution >= 0.6 is 0 Å². The molecule has 1 fully saturated rings. The van der Waals surface area contributed by atoms with Crippen LogP contribution in [0.1, 0.15) is 17.3 Å². The van der Waals surface area contributed by atoms with Crippen molar-refractivity contribution in [2.24, 2.45) is 5.73 Å². The minimum atomic E-state index is 0.363. The Morgan fingerprint density at radius 3 is 2.27 bits per heavy atom. The highest BCUT2D eigenvalue weighted by molar-refractivity contribution is 5.26. The lowest BCUT2D eigenvalue weighted by Crippen LogP contribution is -1.96. The highest BCUT2D eigenvalue weighted by Gasteiger charge is 2.20. The topological polar surface area (TPSA) is 69.9 Å². The lowest BCUT2D eigenvalue weighted by molar-refractivity contribution is 1.03. The van der Waals surface area contributed by atoms with Crippen LogP contribution < -0.4 is 16.6 Å². The zero-order chi connectivity index (χ0) is 7.68. The Bertz CT molecular complexity index is 238. The Hall–Kier alpha value is -0.900. The lowest BCUT2D eigenvalue weighted by Gasteiger charge is -1.97. The molecule has 0 radical (unpaired) electrons. The van der Waals surface area contributed by atoms with Gasteiger partial charge in [-0.15, -0.1) is 0 Å². The first-order chi connectivity index (χ1) is 5.40. The Morgan fingerprint density at radius 2 is 1.82 bits per heavy atom. The van der Waals surface area contributed by atoms with E-state index >= 15 is 0 Å². The fourth-order valence-corrected chi connectivity index (χ4v) is 1.05. The Kier molecular flexibility index (Phi) is 1.62. The normalized spacial score (nSPS) is 16.8. The molecule has 11 heavy (non-hydrogen) atoms. The molecule has 0 aliphatic carbocycles. The van der Waals surface area contributed by atoms with Crippen molar-refractivity contribution in [2.45, 2.75) is 12.7 Å². The van der Waals surface area contributed by atoms with Gasteiger partial charge in [-0.25, -0.2) is 10.9 Å². The Morgan fingerprint density at radius 1 is 1.18 bits per heavy atom. The molecule has 0 atom stereocenters. The van der Waals surface area contributed by atoms with Crippen molar-refractivity contribution in [3.8, 4) is 0 Å². The molecule has 0 spiro atoms. The number of hydrogen-bond acceptors (Lipinski definition) is 3. The summed E-state index contributed by atoms with van der Waals surface area (Å²) in [6.07, 6.45) is 0.363. The van der Waals surface area contributed by atoms with Crippen molar-refractivity contribution < 1.29 is 0 Å². The zero-order valence-corrected chi connectivity index (χ0v) is 6.17. The summed E-state index contributed by atoms with van der Waals surface area (Å²) in [7, 11) is 0. The van der Waals surface area contributed by atoms with Crippen molar-refractivity contribution in [2.75, 3.05) is 0 Å². The van der Waals surface area contributed by atoms with Crippen LogP contribution in [0.5, 0.6) is 0 Å². The molecule has 4 N–H and O–H groups in total. The van der Waals surface area contributed by atoms with E-state index < -0.39 is 0 Å². The summed E-state index contributed by atoms with van der Waals surface area (Å²) in [5, 5.41) is 0. The van der Waals surface area contributed by atoms with Crippen molar-refractivity contribution in [1.82, 2.24) is 10.9 Å². The summed E-state index contributed by atoms with van der Waals surface area (Å²) < 4.78 is 0. The first-order valence-corrected chi connectivity index (χ1v) is 3.70. The summed E-state index contributed by atoms with van der Waals surface area (Å²) in [5.41, 5.74) is 13.9. The number of rotatable bonds is 2. The summed E-state index contributed by atoms with van der Waals surface area (Å²) >= 11 is 0. The maximum absolute atomic E-state index is 5.46. The van der Waals surface area contributed by atoms with Gasteiger partial charge in [-0.05, 0) is 11.1 Å². The van der Waals surface area contributed by atoms with E-state index in [0.717, 1.165) is 0 Å². The fraction of sp³-hybridized carbons (Fsp3) is 0.250. The molecule has 0 unspecified atom stereocenters. The van der Waals surface area contributed by atoms with E-state index in [9.17, 15) is 0 Å². The molecule has 1 aromatic rings. The van der Waals surface area contributed by atoms with Gasteiger partial charge in [0.2, 0.25) is 0 Å². The predicted octanol–water partition coefficient (Wildman–Crippen LogP) is 0.252. The molecule has 1 aromatic carbocycles. The molecule has 3 heteroatoms. The third-order valence-corrected chi connectivity index (χ3v) is 1.84. The van der Waals surface area contributed by atoms with Gasteiger partial charge in [0.15, 0.2) is 0 Å². The van der Waals surface area contributed by atoms with E-state index in [1.165, 1.54) is 11.1 Å². The molecule has 2 rings (SSSR count). The van der Waals surface area contributed by atoms with E-state index in [-0.39, 0.29) is 0 Å². The van der Waals surface area contributed by atoms with Gasteiger partial charge in [0.25, 0.3) is 0 Å². The summed E-state index contributed by atoms with van der Waals surface area (Å²) in [4.78, 5) is 0. The Balaban J connectivity index is 2.19. The van der Waals surface area contributed by atoms with Crippen molar-refractivity contribution in [3.63, 3.8) is 0 Å². The van der Waals surface area contributed by atoms with Gasteiger partial charge >= 0.3 is 0 Å². The largest absolute Gasteiger partial charge is 0.326 e. The quantitative estimate of drug-likeness (QED) is 0.528. The highest BCUT2D eigenvalue weighted by Crippen LogP contribution is 2.16. The molecule has 0 aromatic heterocycles. The summed E-state index contributed by atoms with van der Waals surface area (Å²) in [6.45, 7) is 0.617. The van der Waals surface area contributed by atoms with Gasteiger partial charge in [0, 0.05) is 6.54 Å². The molecule has 0 amide bonds. The second kappa shape index (κ2) is 2.62.